The fourth-order valence-electron chi connectivity index (χ4n) is 2.19. The molecule has 2 heteroatoms. The van der Waals surface area contributed by atoms with Crippen LogP contribution < -0.4 is 0 Å². The summed E-state index contributed by atoms with van der Waals surface area (Å²) in [6.07, 6.45) is 5.61. The van der Waals surface area contributed by atoms with Gasteiger partial charge in [0.25, 0.3) is 0 Å². The van der Waals surface area contributed by atoms with E-state index in [2.05, 4.69) is 0 Å². The van der Waals surface area contributed by atoms with E-state index in [0.717, 1.165) is 6.42 Å². The number of hydrogen-bond acceptors (Lipinski definition) is 2. The Kier molecular flexibility index (Phi) is 1.46. The molecule has 1 unspecified atom stereocenters. The molecular weight excluding hydrogens is 128 g/mol. The second-order valence-electron chi connectivity index (χ2n) is 3.56. The van der Waals surface area contributed by atoms with Crippen molar-refractivity contribution in [2.24, 2.45) is 0 Å². The molecule has 0 aromatic rings. The summed E-state index contributed by atoms with van der Waals surface area (Å²) in [5, 5.41) is 9.23. The van der Waals surface area contributed by atoms with Crippen LogP contribution in [0.1, 0.15) is 32.1 Å². The van der Waals surface area contributed by atoms with Crippen LogP contribution in [0.15, 0.2) is 0 Å². The van der Waals surface area contributed by atoms with Crippen LogP contribution in [0, 0.1) is 0 Å². The number of ether oxygens (including phenoxy) is 1. The summed E-state index contributed by atoms with van der Waals surface area (Å²) in [4.78, 5) is 0. The van der Waals surface area contributed by atoms with Gasteiger partial charge in [-0.05, 0) is 12.8 Å². The van der Waals surface area contributed by atoms with E-state index in [1.54, 1.807) is 0 Å². The first-order valence-electron chi connectivity index (χ1n) is 4.13. The first kappa shape index (κ1) is 6.62. The molecule has 1 aliphatic carbocycles. The van der Waals surface area contributed by atoms with Gasteiger partial charge in [-0.2, -0.15) is 0 Å². The lowest BCUT2D eigenvalue weighted by molar-refractivity contribution is 0.00694. The lowest BCUT2D eigenvalue weighted by Gasteiger charge is -2.20. The lowest BCUT2D eigenvalue weighted by atomic mass is 9.98. The third kappa shape index (κ3) is 0.956. The van der Waals surface area contributed by atoms with Crippen molar-refractivity contribution in [2.45, 2.75) is 43.8 Å². The average molecular weight is 142 g/mol. The predicted molar refractivity (Wildman–Crippen MR) is 37.8 cm³/mol. The maximum Gasteiger partial charge on any atom is 0.0801 e. The summed E-state index contributed by atoms with van der Waals surface area (Å²) in [6.45, 7) is 0.569. The highest BCUT2D eigenvalue weighted by molar-refractivity contribution is 4.92. The molecule has 0 aromatic heterocycles. The fraction of sp³-hybridized carbons (Fsp3) is 1.00. The van der Waals surface area contributed by atoms with Crippen LogP contribution in [-0.2, 0) is 4.74 Å². The Labute approximate surface area is 61.2 Å². The van der Waals surface area contributed by atoms with Gasteiger partial charge in [0.2, 0.25) is 0 Å². The van der Waals surface area contributed by atoms with Gasteiger partial charge < -0.3 is 9.84 Å². The zero-order chi connectivity index (χ0) is 7.03. The van der Waals surface area contributed by atoms with E-state index in [0.29, 0.717) is 6.61 Å². The van der Waals surface area contributed by atoms with Crippen molar-refractivity contribution in [3.8, 4) is 0 Å². The molecule has 1 atom stereocenters. The second-order valence-corrected chi connectivity index (χ2v) is 3.56. The number of aliphatic hydroxyl groups excluding tert-OH is 1. The lowest BCUT2D eigenvalue weighted by Crippen LogP contribution is -2.23. The summed E-state index contributed by atoms with van der Waals surface area (Å²) in [7, 11) is 0. The van der Waals surface area contributed by atoms with Crippen LogP contribution in [-0.4, -0.2) is 23.4 Å². The van der Waals surface area contributed by atoms with Crippen molar-refractivity contribution in [3.05, 3.63) is 0 Å². The molecule has 1 saturated heterocycles. The summed E-state index contributed by atoms with van der Waals surface area (Å²) in [6, 6.07) is 0. The van der Waals surface area contributed by atoms with Gasteiger partial charge in [-0.1, -0.05) is 12.8 Å². The van der Waals surface area contributed by atoms with Gasteiger partial charge in [0.1, 0.15) is 0 Å². The Hall–Kier alpha value is -0.0800. The maximum atomic E-state index is 9.23. The van der Waals surface area contributed by atoms with Gasteiger partial charge in [0.05, 0.1) is 18.3 Å². The van der Waals surface area contributed by atoms with E-state index >= 15 is 0 Å². The van der Waals surface area contributed by atoms with Gasteiger partial charge in [-0.3, -0.25) is 0 Å². The third-order valence-electron chi connectivity index (χ3n) is 2.70. The van der Waals surface area contributed by atoms with E-state index in [1.807, 2.05) is 0 Å². The Morgan fingerprint density at radius 2 is 2.00 bits per heavy atom. The van der Waals surface area contributed by atoms with E-state index in [-0.39, 0.29) is 11.7 Å². The zero-order valence-electron chi connectivity index (χ0n) is 6.18. The van der Waals surface area contributed by atoms with Gasteiger partial charge in [-0.25, -0.2) is 0 Å². The van der Waals surface area contributed by atoms with Crippen molar-refractivity contribution in [3.63, 3.8) is 0 Å². The highest BCUT2D eigenvalue weighted by Gasteiger charge is 2.41. The maximum absolute atomic E-state index is 9.23. The SMILES string of the molecule is OC1COC2(CCCC2)C1. The van der Waals surface area contributed by atoms with Crippen molar-refractivity contribution >= 4 is 0 Å². The number of hydrogen-bond donors (Lipinski definition) is 1. The molecule has 1 N–H and O–H groups in total. The van der Waals surface area contributed by atoms with E-state index in [1.165, 1.54) is 25.7 Å². The first-order chi connectivity index (χ1) is 4.81. The molecule has 2 rings (SSSR count). The largest absolute Gasteiger partial charge is 0.391 e. The van der Waals surface area contributed by atoms with Crippen molar-refractivity contribution in [1.29, 1.82) is 0 Å². The minimum absolute atomic E-state index is 0.111. The normalized spacial score (nSPS) is 37.5. The molecule has 2 nitrogen and oxygen atoms in total. The molecule has 1 heterocycles. The van der Waals surface area contributed by atoms with Gasteiger partial charge in [-0.15, -0.1) is 0 Å². The molecule has 0 radical (unpaired) electrons. The molecule has 2 fully saturated rings. The molecule has 1 spiro atoms. The van der Waals surface area contributed by atoms with Crippen LogP contribution >= 0.6 is 0 Å². The van der Waals surface area contributed by atoms with Crippen LogP contribution in [0.5, 0.6) is 0 Å². The van der Waals surface area contributed by atoms with Crippen molar-refractivity contribution in [2.75, 3.05) is 6.61 Å². The summed E-state index contributed by atoms with van der Waals surface area (Å²) in [5.41, 5.74) is 0.111. The molecule has 2 aliphatic rings. The average Bonchev–Trinajstić information content (AvgIpc) is 2.46. The Morgan fingerprint density at radius 3 is 2.50 bits per heavy atom. The monoisotopic (exact) mass is 142 g/mol. The van der Waals surface area contributed by atoms with Gasteiger partial charge >= 0.3 is 0 Å². The van der Waals surface area contributed by atoms with Gasteiger partial charge in [0, 0.05) is 6.42 Å². The molecular formula is C8H14O2. The minimum Gasteiger partial charge on any atom is -0.391 e. The predicted octanol–water partition coefficient (Wildman–Crippen LogP) is 1.08. The van der Waals surface area contributed by atoms with Gasteiger partial charge in [0.15, 0.2) is 0 Å². The highest BCUT2D eigenvalue weighted by atomic mass is 16.5. The van der Waals surface area contributed by atoms with Crippen LogP contribution in [0.4, 0.5) is 0 Å². The molecule has 1 saturated carbocycles. The zero-order valence-corrected chi connectivity index (χ0v) is 6.18. The summed E-state index contributed by atoms with van der Waals surface area (Å²) >= 11 is 0. The van der Waals surface area contributed by atoms with Crippen molar-refractivity contribution in [1.82, 2.24) is 0 Å². The van der Waals surface area contributed by atoms with E-state index in [9.17, 15) is 5.11 Å². The standard InChI is InChI=1S/C8H14O2/c9-7-5-8(10-6-7)3-1-2-4-8/h7,9H,1-6H2. The van der Waals surface area contributed by atoms with E-state index < -0.39 is 0 Å². The molecule has 58 valence electrons. The second kappa shape index (κ2) is 2.21. The first-order valence-corrected chi connectivity index (χ1v) is 4.13. The number of rotatable bonds is 0. The van der Waals surface area contributed by atoms with Crippen LogP contribution in [0.2, 0.25) is 0 Å². The molecule has 0 bridgehead atoms. The quantitative estimate of drug-likeness (QED) is 0.548. The Morgan fingerprint density at radius 1 is 1.30 bits per heavy atom. The molecule has 0 amide bonds. The summed E-state index contributed by atoms with van der Waals surface area (Å²) in [5.74, 6) is 0. The summed E-state index contributed by atoms with van der Waals surface area (Å²) < 4.78 is 5.56. The minimum atomic E-state index is -0.182. The molecule has 10 heavy (non-hydrogen) atoms. The van der Waals surface area contributed by atoms with E-state index in [4.69, 9.17) is 4.74 Å². The number of aliphatic hydroxyl groups is 1. The fourth-order valence-corrected chi connectivity index (χ4v) is 2.19. The smallest absolute Gasteiger partial charge is 0.0801 e. The Balaban J connectivity index is 2.03. The third-order valence-corrected chi connectivity index (χ3v) is 2.70. The highest BCUT2D eigenvalue weighted by Crippen LogP contribution is 2.40. The topological polar surface area (TPSA) is 29.5 Å². The Bertz CT molecular complexity index is 127. The molecule has 0 aromatic carbocycles. The molecule has 1 aliphatic heterocycles. The van der Waals surface area contributed by atoms with Crippen LogP contribution in [0.25, 0.3) is 0 Å². The van der Waals surface area contributed by atoms with Crippen molar-refractivity contribution < 1.29 is 9.84 Å². The van der Waals surface area contributed by atoms with Crippen LogP contribution in [0.3, 0.4) is 0 Å².